The summed E-state index contributed by atoms with van der Waals surface area (Å²) in [4.78, 5) is 22.0. The lowest BCUT2D eigenvalue weighted by atomic mass is 10.2. The van der Waals surface area contributed by atoms with E-state index in [9.17, 15) is 18.4 Å². The lowest BCUT2D eigenvalue weighted by molar-refractivity contribution is 0.111. The predicted octanol–water partition coefficient (Wildman–Crippen LogP) is 1.63. The topological polar surface area (TPSA) is 52.0 Å². The van der Waals surface area contributed by atoms with Gasteiger partial charge in [-0.2, -0.15) is 5.10 Å². The average molecular weight is 250 g/mol. The number of carbonyl (C=O) groups excluding carboxylic acids is 1. The molecule has 0 aliphatic rings. The number of benzene rings is 1. The standard InChI is InChI=1S/C12H8F2N2O2/c1-7-4-12(18)11(6-17)15-16(7)8-2-3-9(13)10(14)5-8/h2-6H,1H3. The minimum atomic E-state index is -1.03. The molecule has 0 aliphatic heterocycles. The second-order valence-electron chi connectivity index (χ2n) is 3.66. The van der Waals surface area contributed by atoms with Gasteiger partial charge in [-0.3, -0.25) is 9.59 Å². The van der Waals surface area contributed by atoms with Crippen molar-refractivity contribution in [2.24, 2.45) is 0 Å². The van der Waals surface area contributed by atoms with Gasteiger partial charge in [0.25, 0.3) is 0 Å². The summed E-state index contributed by atoms with van der Waals surface area (Å²) in [5, 5.41) is 3.78. The van der Waals surface area contributed by atoms with E-state index in [1.54, 1.807) is 6.92 Å². The van der Waals surface area contributed by atoms with Crippen molar-refractivity contribution in [3.05, 3.63) is 57.5 Å². The van der Waals surface area contributed by atoms with Crippen molar-refractivity contribution < 1.29 is 13.6 Å². The molecule has 0 aliphatic carbocycles. The van der Waals surface area contributed by atoms with Gasteiger partial charge in [0.05, 0.1) is 5.69 Å². The molecule has 0 radical (unpaired) electrons. The SMILES string of the molecule is Cc1cc(=O)c(C=O)nn1-c1ccc(F)c(F)c1. The van der Waals surface area contributed by atoms with Crippen LogP contribution in [0.5, 0.6) is 0 Å². The third kappa shape index (κ3) is 2.04. The summed E-state index contributed by atoms with van der Waals surface area (Å²) in [6.07, 6.45) is 0.318. The highest BCUT2D eigenvalue weighted by Crippen LogP contribution is 2.13. The van der Waals surface area contributed by atoms with Gasteiger partial charge in [-0.1, -0.05) is 0 Å². The maximum Gasteiger partial charge on any atom is 0.211 e. The summed E-state index contributed by atoms with van der Waals surface area (Å²) in [6.45, 7) is 1.57. The van der Waals surface area contributed by atoms with Gasteiger partial charge in [0, 0.05) is 17.8 Å². The Balaban J connectivity index is 2.66. The second-order valence-corrected chi connectivity index (χ2v) is 3.66. The van der Waals surface area contributed by atoms with Gasteiger partial charge in [-0.05, 0) is 19.1 Å². The molecule has 0 saturated carbocycles. The molecule has 0 spiro atoms. The first-order valence-electron chi connectivity index (χ1n) is 5.04. The van der Waals surface area contributed by atoms with E-state index >= 15 is 0 Å². The van der Waals surface area contributed by atoms with Crippen LogP contribution in [-0.2, 0) is 0 Å². The Morgan fingerprint density at radius 2 is 1.94 bits per heavy atom. The van der Waals surface area contributed by atoms with Crippen LogP contribution < -0.4 is 5.43 Å². The first kappa shape index (κ1) is 12.1. The van der Waals surface area contributed by atoms with Gasteiger partial charge in [0.2, 0.25) is 5.43 Å². The van der Waals surface area contributed by atoms with Crippen molar-refractivity contribution >= 4 is 6.29 Å². The predicted molar refractivity (Wildman–Crippen MR) is 59.9 cm³/mol. The van der Waals surface area contributed by atoms with Crippen molar-refractivity contribution in [2.45, 2.75) is 6.92 Å². The molecule has 0 N–H and O–H groups in total. The van der Waals surface area contributed by atoms with Gasteiger partial charge in [-0.15, -0.1) is 0 Å². The summed E-state index contributed by atoms with van der Waals surface area (Å²) in [5.74, 6) is -2.01. The van der Waals surface area contributed by atoms with E-state index in [0.29, 0.717) is 12.0 Å². The number of rotatable bonds is 2. The van der Waals surface area contributed by atoms with E-state index in [1.807, 2.05) is 0 Å². The maximum absolute atomic E-state index is 13.1. The monoisotopic (exact) mass is 250 g/mol. The molecule has 0 bridgehead atoms. The smallest absolute Gasteiger partial charge is 0.211 e. The molecule has 2 aromatic rings. The van der Waals surface area contributed by atoms with E-state index in [2.05, 4.69) is 5.10 Å². The maximum atomic E-state index is 13.1. The largest absolute Gasteiger partial charge is 0.296 e. The minimum Gasteiger partial charge on any atom is -0.296 e. The number of aromatic nitrogens is 2. The summed E-state index contributed by atoms with van der Waals surface area (Å²) < 4.78 is 27.1. The van der Waals surface area contributed by atoms with Gasteiger partial charge in [0.1, 0.15) is 0 Å². The Kier molecular flexibility index (Phi) is 3.01. The van der Waals surface area contributed by atoms with Crippen LogP contribution in [0.3, 0.4) is 0 Å². The molecule has 0 atom stereocenters. The van der Waals surface area contributed by atoms with Crippen LogP contribution in [0.25, 0.3) is 5.69 Å². The molecule has 0 fully saturated rings. The molecular formula is C12H8F2N2O2. The van der Waals surface area contributed by atoms with Crippen LogP contribution in [0.15, 0.2) is 29.1 Å². The number of aldehydes is 1. The second kappa shape index (κ2) is 4.48. The molecule has 18 heavy (non-hydrogen) atoms. The van der Waals surface area contributed by atoms with Crippen LogP contribution in [0.2, 0.25) is 0 Å². The molecule has 92 valence electrons. The molecule has 1 heterocycles. The average Bonchev–Trinajstić information content (AvgIpc) is 2.33. The van der Waals surface area contributed by atoms with Crippen LogP contribution in [-0.4, -0.2) is 16.1 Å². The zero-order valence-corrected chi connectivity index (χ0v) is 9.35. The van der Waals surface area contributed by atoms with Gasteiger partial charge >= 0.3 is 0 Å². The van der Waals surface area contributed by atoms with Crippen molar-refractivity contribution in [2.75, 3.05) is 0 Å². The third-order valence-electron chi connectivity index (χ3n) is 2.39. The fourth-order valence-corrected chi connectivity index (χ4v) is 1.52. The summed E-state index contributed by atoms with van der Waals surface area (Å²) in [5.41, 5.74) is -0.155. The molecular weight excluding hydrogens is 242 g/mol. The van der Waals surface area contributed by atoms with Crippen molar-refractivity contribution in [3.8, 4) is 5.69 Å². The number of nitrogens with zero attached hydrogens (tertiary/aromatic N) is 2. The van der Waals surface area contributed by atoms with Crippen LogP contribution in [0, 0.1) is 18.6 Å². The van der Waals surface area contributed by atoms with E-state index in [-0.39, 0.29) is 11.4 Å². The van der Waals surface area contributed by atoms with Crippen molar-refractivity contribution in [1.29, 1.82) is 0 Å². The van der Waals surface area contributed by atoms with Gasteiger partial charge in [-0.25, -0.2) is 13.5 Å². The highest BCUT2D eigenvalue weighted by atomic mass is 19.2. The molecule has 4 nitrogen and oxygen atoms in total. The zero-order valence-electron chi connectivity index (χ0n) is 9.35. The summed E-state index contributed by atoms with van der Waals surface area (Å²) >= 11 is 0. The normalized spacial score (nSPS) is 10.4. The number of hydrogen-bond donors (Lipinski definition) is 0. The van der Waals surface area contributed by atoms with Gasteiger partial charge in [0.15, 0.2) is 23.6 Å². The molecule has 1 aromatic heterocycles. The third-order valence-corrected chi connectivity index (χ3v) is 2.39. The highest BCUT2D eigenvalue weighted by Gasteiger charge is 2.09. The lowest BCUT2D eigenvalue weighted by Gasteiger charge is -2.09. The van der Waals surface area contributed by atoms with Crippen molar-refractivity contribution in [3.63, 3.8) is 0 Å². The van der Waals surface area contributed by atoms with Gasteiger partial charge < -0.3 is 0 Å². The van der Waals surface area contributed by atoms with E-state index in [1.165, 1.54) is 16.8 Å². The molecule has 0 amide bonds. The number of carbonyl (C=O) groups is 1. The van der Waals surface area contributed by atoms with Crippen LogP contribution in [0.1, 0.15) is 16.2 Å². The Morgan fingerprint density at radius 3 is 2.56 bits per heavy atom. The van der Waals surface area contributed by atoms with E-state index < -0.39 is 17.1 Å². The summed E-state index contributed by atoms with van der Waals surface area (Å²) in [6, 6.07) is 4.40. The first-order chi connectivity index (χ1) is 8.52. The molecule has 0 unspecified atom stereocenters. The zero-order chi connectivity index (χ0) is 13.3. The first-order valence-corrected chi connectivity index (χ1v) is 5.04. The fourth-order valence-electron chi connectivity index (χ4n) is 1.52. The minimum absolute atomic E-state index is 0.231. The number of aryl methyl sites for hydroxylation is 1. The molecule has 1 aromatic carbocycles. The van der Waals surface area contributed by atoms with Crippen LogP contribution >= 0.6 is 0 Å². The fraction of sp³-hybridized carbons (Fsp3) is 0.0833. The molecule has 0 saturated heterocycles. The Bertz CT molecular complexity index is 680. The number of hydrogen-bond acceptors (Lipinski definition) is 3. The Morgan fingerprint density at radius 1 is 1.22 bits per heavy atom. The molecule has 2 rings (SSSR count). The van der Waals surface area contributed by atoms with Crippen LogP contribution in [0.4, 0.5) is 8.78 Å². The van der Waals surface area contributed by atoms with E-state index in [0.717, 1.165) is 12.1 Å². The highest BCUT2D eigenvalue weighted by molar-refractivity contribution is 5.71. The van der Waals surface area contributed by atoms with E-state index in [4.69, 9.17) is 0 Å². The van der Waals surface area contributed by atoms with Crippen molar-refractivity contribution in [1.82, 2.24) is 9.78 Å². The Labute approximate surface area is 100 Å². The Hall–Kier alpha value is -2.37. The number of halogens is 2. The lowest BCUT2D eigenvalue weighted by Crippen LogP contribution is -2.18. The summed E-state index contributed by atoms with van der Waals surface area (Å²) in [7, 11) is 0. The quantitative estimate of drug-likeness (QED) is 0.761. The molecule has 6 heteroatoms.